The van der Waals surface area contributed by atoms with Gasteiger partial charge in [0.1, 0.15) is 5.82 Å². The highest BCUT2D eigenvalue weighted by atomic mass is 35.5. The molecule has 1 unspecified atom stereocenters. The average molecular weight is 395 g/mol. The summed E-state index contributed by atoms with van der Waals surface area (Å²) < 4.78 is 18.9. The topological polar surface area (TPSA) is 32.8 Å². The van der Waals surface area contributed by atoms with Gasteiger partial charge in [0, 0.05) is 30.6 Å². The second-order valence-electron chi connectivity index (χ2n) is 8.48. The van der Waals surface area contributed by atoms with E-state index in [0.717, 1.165) is 57.5 Å². The van der Waals surface area contributed by atoms with Gasteiger partial charge in [0.15, 0.2) is 0 Å². The first-order chi connectivity index (χ1) is 13.1. The number of carbonyl (C=O) groups is 1. The van der Waals surface area contributed by atoms with Crippen LogP contribution in [0.4, 0.5) is 9.18 Å². The smallest absolute Gasteiger partial charge is 0.409 e. The molecule has 0 aromatic heterocycles. The Bertz CT molecular complexity index is 674. The molecule has 1 atom stereocenters. The van der Waals surface area contributed by atoms with Gasteiger partial charge in [0.05, 0.1) is 6.61 Å². The molecule has 3 fully saturated rings. The number of carbonyl (C=O) groups excluding carboxylic acids is 1. The zero-order valence-corrected chi connectivity index (χ0v) is 16.5. The molecule has 0 radical (unpaired) electrons. The van der Waals surface area contributed by atoms with Crippen molar-refractivity contribution in [3.8, 4) is 0 Å². The van der Waals surface area contributed by atoms with E-state index in [1.54, 1.807) is 12.1 Å². The molecule has 2 heterocycles. The minimum Gasteiger partial charge on any atom is -0.449 e. The molecule has 1 saturated carbocycles. The van der Waals surface area contributed by atoms with E-state index in [0.29, 0.717) is 29.4 Å². The van der Waals surface area contributed by atoms with E-state index in [4.69, 9.17) is 16.3 Å². The van der Waals surface area contributed by atoms with E-state index in [1.165, 1.54) is 18.9 Å². The van der Waals surface area contributed by atoms with Gasteiger partial charge < -0.3 is 14.5 Å². The molecule has 2 saturated heterocycles. The first-order valence-corrected chi connectivity index (χ1v) is 10.5. The molecular weight excluding hydrogens is 367 g/mol. The number of likely N-dealkylation sites (tertiary alicyclic amines) is 1. The first kappa shape index (κ1) is 19.0. The average Bonchev–Trinajstić information content (AvgIpc) is 3.47. The van der Waals surface area contributed by atoms with Crippen LogP contribution in [0, 0.1) is 23.6 Å². The number of rotatable bonds is 6. The Balaban J connectivity index is 1.23. The van der Waals surface area contributed by atoms with Crippen molar-refractivity contribution in [2.24, 2.45) is 17.8 Å². The molecule has 1 aromatic carbocycles. The van der Waals surface area contributed by atoms with E-state index in [2.05, 4.69) is 4.90 Å². The van der Waals surface area contributed by atoms with Crippen LogP contribution in [0.2, 0.25) is 5.02 Å². The molecule has 6 heteroatoms. The van der Waals surface area contributed by atoms with Crippen LogP contribution in [0.3, 0.4) is 0 Å². The molecule has 1 aliphatic carbocycles. The minimum atomic E-state index is -0.213. The third-order valence-corrected chi connectivity index (χ3v) is 6.46. The summed E-state index contributed by atoms with van der Waals surface area (Å²) in [5, 5.41) is 0.665. The van der Waals surface area contributed by atoms with Crippen LogP contribution < -0.4 is 0 Å². The molecule has 0 N–H and O–H groups in total. The quantitative estimate of drug-likeness (QED) is 0.724. The number of amides is 1. The van der Waals surface area contributed by atoms with Gasteiger partial charge in [0.2, 0.25) is 0 Å². The van der Waals surface area contributed by atoms with Gasteiger partial charge in [-0.05, 0) is 80.8 Å². The lowest BCUT2D eigenvalue weighted by molar-refractivity contribution is 0.0254. The molecule has 4 rings (SSSR count). The van der Waals surface area contributed by atoms with Crippen LogP contribution >= 0.6 is 11.6 Å². The largest absolute Gasteiger partial charge is 0.449 e. The number of hydrogen-bond acceptors (Lipinski definition) is 3. The highest BCUT2D eigenvalue weighted by molar-refractivity contribution is 6.31. The zero-order valence-electron chi connectivity index (χ0n) is 15.7. The third-order valence-electron chi connectivity index (χ3n) is 6.09. The van der Waals surface area contributed by atoms with Crippen LogP contribution in [0.15, 0.2) is 18.2 Å². The Morgan fingerprint density at radius 2 is 1.85 bits per heavy atom. The lowest BCUT2D eigenvalue weighted by atomic mass is 9.89. The summed E-state index contributed by atoms with van der Waals surface area (Å²) in [5.74, 6) is 1.43. The fraction of sp³-hybridized carbons (Fsp3) is 0.667. The predicted octanol–water partition coefficient (Wildman–Crippen LogP) is 4.21. The molecule has 148 valence electrons. The molecule has 1 amide bonds. The van der Waals surface area contributed by atoms with E-state index in [9.17, 15) is 9.18 Å². The standard InChI is InChI=1S/C21H28ClFN2O2/c22-20-4-3-19(23)10-18(20)9-15-5-7-24(8-6-15)11-17-13-25(12-16-1-2-16)21(26)27-14-17/h3-4,10,15-17H,1-2,5-9,11-14H2. The fourth-order valence-corrected chi connectivity index (χ4v) is 4.53. The summed E-state index contributed by atoms with van der Waals surface area (Å²) in [4.78, 5) is 16.3. The summed E-state index contributed by atoms with van der Waals surface area (Å²) in [6, 6.07) is 4.64. The van der Waals surface area contributed by atoms with Crippen molar-refractivity contribution in [2.45, 2.75) is 32.1 Å². The minimum absolute atomic E-state index is 0.135. The second kappa shape index (κ2) is 8.36. The van der Waals surface area contributed by atoms with E-state index < -0.39 is 0 Å². The number of ether oxygens (including phenoxy) is 1. The molecule has 4 nitrogen and oxygen atoms in total. The van der Waals surface area contributed by atoms with Crippen molar-refractivity contribution < 1.29 is 13.9 Å². The van der Waals surface area contributed by atoms with Crippen molar-refractivity contribution in [1.29, 1.82) is 0 Å². The van der Waals surface area contributed by atoms with Crippen molar-refractivity contribution in [3.63, 3.8) is 0 Å². The maximum atomic E-state index is 13.5. The molecule has 2 aliphatic heterocycles. The molecule has 1 aromatic rings. The normalized spacial score (nSPS) is 24.9. The fourth-order valence-electron chi connectivity index (χ4n) is 4.34. The molecule has 3 aliphatic rings. The van der Waals surface area contributed by atoms with E-state index in [1.807, 2.05) is 4.90 Å². The van der Waals surface area contributed by atoms with Gasteiger partial charge in [-0.3, -0.25) is 0 Å². The van der Waals surface area contributed by atoms with Crippen molar-refractivity contribution in [2.75, 3.05) is 39.3 Å². The number of cyclic esters (lactones) is 1. The summed E-state index contributed by atoms with van der Waals surface area (Å²) in [6.45, 7) is 5.32. The van der Waals surface area contributed by atoms with Gasteiger partial charge in [-0.25, -0.2) is 9.18 Å². The Kier molecular flexibility index (Phi) is 5.88. The summed E-state index contributed by atoms with van der Waals surface area (Å²) >= 11 is 6.22. The number of nitrogens with zero attached hydrogens (tertiary/aromatic N) is 2. The SMILES string of the molecule is O=C1OCC(CN2CCC(Cc3cc(F)ccc3Cl)CC2)CN1CC1CC1. The highest BCUT2D eigenvalue weighted by Crippen LogP contribution is 2.31. The van der Waals surface area contributed by atoms with Crippen molar-refractivity contribution in [3.05, 3.63) is 34.6 Å². The van der Waals surface area contributed by atoms with Gasteiger partial charge in [-0.1, -0.05) is 11.6 Å². The summed E-state index contributed by atoms with van der Waals surface area (Å²) in [7, 11) is 0. The maximum Gasteiger partial charge on any atom is 0.409 e. The van der Waals surface area contributed by atoms with Crippen LogP contribution in [-0.2, 0) is 11.2 Å². The summed E-state index contributed by atoms with van der Waals surface area (Å²) in [6.07, 6.45) is 5.41. The second-order valence-corrected chi connectivity index (χ2v) is 8.88. The monoisotopic (exact) mass is 394 g/mol. The van der Waals surface area contributed by atoms with Crippen LogP contribution in [0.25, 0.3) is 0 Å². The Morgan fingerprint density at radius 3 is 2.59 bits per heavy atom. The zero-order chi connectivity index (χ0) is 18.8. The van der Waals surface area contributed by atoms with Crippen LogP contribution in [-0.4, -0.2) is 55.2 Å². The molecule has 27 heavy (non-hydrogen) atoms. The van der Waals surface area contributed by atoms with Crippen LogP contribution in [0.1, 0.15) is 31.2 Å². The number of halogens is 2. The highest BCUT2D eigenvalue weighted by Gasteiger charge is 2.33. The molecular formula is C21H28ClFN2O2. The number of benzene rings is 1. The Labute approximate surface area is 165 Å². The van der Waals surface area contributed by atoms with E-state index in [-0.39, 0.29) is 11.9 Å². The van der Waals surface area contributed by atoms with Gasteiger partial charge >= 0.3 is 6.09 Å². The van der Waals surface area contributed by atoms with Gasteiger partial charge in [-0.15, -0.1) is 0 Å². The van der Waals surface area contributed by atoms with Crippen LogP contribution in [0.5, 0.6) is 0 Å². The van der Waals surface area contributed by atoms with Gasteiger partial charge in [-0.2, -0.15) is 0 Å². The summed E-state index contributed by atoms with van der Waals surface area (Å²) in [5.41, 5.74) is 0.921. The van der Waals surface area contributed by atoms with Crippen molar-refractivity contribution in [1.82, 2.24) is 9.80 Å². The van der Waals surface area contributed by atoms with E-state index >= 15 is 0 Å². The predicted molar refractivity (Wildman–Crippen MR) is 103 cm³/mol. The lowest BCUT2D eigenvalue weighted by Gasteiger charge is -2.38. The Morgan fingerprint density at radius 1 is 1.07 bits per heavy atom. The lowest BCUT2D eigenvalue weighted by Crippen LogP contribution is -2.48. The Hall–Kier alpha value is -1.33. The van der Waals surface area contributed by atoms with Crippen molar-refractivity contribution >= 4 is 17.7 Å². The van der Waals surface area contributed by atoms with Gasteiger partial charge in [0.25, 0.3) is 0 Å². The molecule has 0 bridgehead atoms. The number of piperidine rings is 1. The molecule has 0 spiro atoms. The first-order valence-electron chi connectivity index (χ1n) is 10.1. The maximum absolute atomic E-state index is 13.5. The number of hydrogen-bond donors (Lipinski definition) is 0. The third kappa shape index (κ3) is 5.14.